The highest BCUT2D eigenvalue weighted by atomic mass is 16.7. The maximum absolute atomic E-state index is 12.0. The molecule has 0 spiro atoms. The maximum Gasteiger partial charge on any atom is 0.280 e. The number of carbonyl (C=O) groups is 1. The molecule has 1 fully saturated rings. The molecule has 1 saturated carbocycles. The van der Waals surface area contributed by atoms with Gasteiger partial charge in [-0.15, -0.1) is 0 Å². The molecule has 1 aromatic carbocycles. The molecule has 6 heteroatoms. The summed E-state index contributed by atoms with van der Waals surface area (Å²) in [5.74, 6) is 0.303. The van der Waals surface area contributed by atoms with Crippen molar-refractivity contribution < 1.29 is 19.2 Å². The lowest BCUT2D eigenvalue weighted by atomic mass is 10.0. The molecule has 1 aliphatic heterocycles. The number of nitrogens with zero attached hydrogens (tertiary/aromatic N) is 1. The molecule has 0 bridgehead atoms. The van der Waals surface area contributed by atoms with E-state index in [4.69, 9.17) is 9.47 Å². The van der Waals surface area contributed by atoms with E-state index in [0.29, 0.717) is 11.3 Å². The number of nitro groups is 1. The second kappa shape index (κ2) is 4.06. The van der Waals surface area contributed by atoms with Crippen molar-refractivity contribution in [3.05, 3.63) is 33.4 Å². The molecule has 94 valence electrons. The summed E-state index contributed by atoms with van der Waals surface area (Å²) < 4.78 is 10.3. The minimum atomic E-state index is -0.523. The Kier molecular flexibility index (Phi) is 2.52. The highest BCUT2D eigenvalue weighted by Gasteiger charge is 2.35. The predicted octanol–water partition coefficient (Wildman–Crippen LogP) is 2.05. The summed E-state index contributed by atoms with van der Waals surface area (Å²) in [6.45, 7) is 0.385. The van der Waals surface area contributed by atoms with Crippen LogP contribution in [0.15, 0.2) is 12.1 Å². The van der Waals surface area contributed by atoms with Crippen molar-refractivity contribution in [2.75, 3.05) is 6.79 Å². The topological polar surface area (TPSA) is 78.7 Å². The fourth-order valence-corrected chi connectivity index (χ4v) is 2.03. The standard InChI is InChI=1S/C12H11NO5/c14-12(7-1-2-7)9-4-11-8(5-17-6-18-11)3-10(9)13(15)16/h3-4,7H,1-2,5-6H2. The third kappa shape index (κ3) is 1.84. The molecule has 0 N–H and O–H groups in total. The van der Waals surface area contributed by atoms with Gasteiger partial charge >= 0.3 is 0 Å². The molecule has 0 atom stereocenters. The molecule has 6 nitrogen and oxygen atoms in total. The van der Waals surface area contributed by atoms with Crippen LogP contribution >= 0.6 is 0 Å². The van der Waals surface area contributed by atoms with E-state index in [9.17, 15) is 14.9 Å². The number of hydrogen-bond acceptors (Lipinski definition) is 5. The Morgan fingerprint density at radius 2 is 2.17 bits per heavy atom. The van der Waals surface area contributed by atoms with Gasteiger partial charge < -0.3 is 9.47 Å². The smallest absolute Gasteiger partial charge is 0.280 e. The van der Waals surface area contributed by atoms with Gasteiger partial charge in [-0.1, -0.05) is 0 Å². The largest absolute Gasteiger partial charge is 0.467 e. The lowest BCUT2D eigenvalue weighted by Gasteiger charge is -2.18. The number of Topliss-reactive ketones (excluding diaryl/α,β-unsaturated/α-hetero) is 1. The number of fused-ring (bicyclic) bond motifs is 1. The number of hydrogen-bond donors (Lipinski definition) is 0. The average Bonchev–Trinajstić information content (AvgIpc) is 3.20. The van der Waals surface area contributed by atoms with Crippen molar-refractivity contribution in [2.24, 2.45) is 5.92 Å². The molecule has 2 aliphatic rings. The molecule has 0 radical (unpaired) electrons. The monoisotopic (exact) mass is 249 g/mol. The van der Waals surface area contributed by atoms with Gasteiger partial charge in [-0.2, -0.15) is 0 Å². The summed E-state index contributed by atoms with van der Waals surface area (Å²) >= 11 is 0. The van der Waals surface area contributed by atoms with Crippen LogP contribution in [0.5, 0.6) is 5.75 Å². The fraction of sp³-hybridized carbons (Fsp3) is 0.417. The summed E-state index contributed by atoms with van der Waals surface area (Å²) in [4.78, 5) is 22.5. The molecule has 1 aromatic rings. The zero-order valence-electron chi connectivity index (χ0n) is 9.55. The quantitative estimate of drug-likeness (QED) is 0.465. The van der Waals surface area contributed by atoms with Crippen LogP contribution in [-0.2, 0) is 11.3 Å². The van der Waals surface area contributed by atoms with Crippen LogP contribution in [0.25, 0.3) is 0 Å². The van der Waals surface area contributed by atoms with Gasteiger partial charge in [-0.25, -0.2) is 0 Å². The van der Waals surface area contributed by atoms with E-state index in [1.165, 1.54) is 12.1 Å². The summed E-state index contributed by atoms with van der Waals surface area (Å²) in [6, 6.07) is 2.86. The predicted molar refractivity (Wildman–Crippen MR) is 60.4 cm³/mol. The highest BCUT2D eigenvalue weighted by Crippen LogP contribution is 2.38. The van der Waals surface area contributed by atoms with E-state index in [1.54, 1.807) is 0 Å². The van der Waals surface area contributed by atoms with Crippen molar-refractivity contribution >= 4 is 11.5 Å². The Bertz CT molecular complexity index is 536. The molecular formula is C12H11NO5. The fourth-order valence-electron chi connectivity index (χ4n) is 2.03. The van der Waals surface area contributed by atoms with Crippen LogP contribution in [0.4, 0.5) is 5.69 Å². The van der Waals surface area contributed by atoms with Gasteiger partial charge in [0.1, 0.15) is 5.75 Å². The average molecular weight is 249 g/mol. The summed E-state index contributed by atoms with van der Waals surface area (Å²) in [5, 5.41) is 11.0. The van der Waals surface area contributed by atoms with E-state index < -0.39 is 4.92 Å². The normalized spacial score (nSPS) is 17.8. The first-order chi connectivity index (χ1) is 8.66. The first-order valence-corrected chi connectivity index (χ1v) is 5.73. The van der Waals surface area contributed by atoms with E-state index in [0.717, 1.165) is 12.8 Å². The molecule has 0 amide bonds. The van der Waals surface area contributed by atoms with Crippen molar-refractivity contribution in [1.82, 2.24) is 0 Å². The minimum absolute atomic E-state index is 0.0541. The first kappa shape index (κ1) is 11.2. The van der Waals surface area contributed by atoms with Crippen LogP contribution in [0.2, 0.25) is 0 Å². The van der Waals surface area contributed by atoms with Crippen molar-refractivity contribution in [3.8, 4) is 5.75 Å². The number of rotatable bonds is 3. The van der Waals surface area contributed by atoms with Crippen LogP contribution in [-0.4, -0.2) is 17.5 Å². The van der Waals surface area contributed by atoms with Crippen molar-refractivity contribution in [3.63, 3.8) is 0 Å². The van der Waals surface area contributed by atoms with E-state index >= 15 is 0 Å². The Labute approximate surface area is 103 Å². The van der Waals surface area contributed by atoms with Gasteiger partial charge in [0, 0.05) is 17.5 Å². The van der Waals surface area contributed by atoms with E-state index in [-0.39, 0.29) is 36.4 Å². The Morgan fingerprint density at radius 1 is 1.39 bits per heavy atom. The Balaban J connectivity index is 2.09. The van der Waals surface area contributed by atoms with Crippen LogP contribution in [0.3, 0.4) is 0 Å². The number of carbonyl (C=O) groups excluding carboxylic acids is 1. The van der Waals surface area contributed by atoms with Crippen molar-refractivity contribution in [1.29, 1.82) is 0 Å². The Hall–Kier alpha value is -1.95. The highest BCUT2D eigenvalue weighted by molar-refractivity contribution is 6.03. The second-order valence-electron chi connectivity index (χ2n) is 4.48. The van der Waals surface area contributed by atoms with Crippen LogP contribution in [0.1, 0.15) is 28.8 Å². The first-order valence-electron chi connectivity index (χ1n) is 5.73. The van der Waals surface area contributed by atoms with Gasteiger partial charge in [-0.05, 0) is 18.9 Å². The molecule has 1 aliphatic carbocycles. The van der Waals surface area contributed by atoms with Crippen molar-refractivity contribution in [2.45, 2.75) is 19.4 Å². The summed E-state index contributed by atoms with van der Waals surface area (Å²) in [7, 11) is 0. The number of ether oxygens (including phenoxy) is 2. The van der Waals surface area contributed by atoms with Gasteiger partial charge in [0.2, 0.25) is 0 Å². The zero-order valence-corrected chi connectivity index (χ0v) is 9.55. The van der Waals surface area contributed by atoms with Gasteiger partial charge in [0.15, 0.2) is 12.6 Å². The molecule has 0 unspecified atom stereocenters. The molecule has 1 heterocycles. The van der Waals surface area contributed by atoms with E-state index in [1.807, 2.05) is 0 Å². The van der Waals surface area contributed by atoms with Gasteiger partial charge in [0.25, 0.3) is 5.69 Å². The van der Waals surface area contributed by atoms with E-state index in [2.05, 4.69) is 0 Å². The summed E-state index contributed by atoms with van der Waals surface area (Å²) in [6.07, 6.45) is 1.63. The molecular weight excluding hydrogens is 238 g/mol. The summed E-state index contributed by atoms with van der Waals surface area (Å²) in [5.41, 5.74) is 0.614. The lowest BCUT2D eigenvalue weighted by molar-refractivity contribution is -0.385. The van der Waals surface area contributed by atoms with Crippen LogP contribution in [0, 0.1) is 16.0 Å². The second-order valence-corrected chi connectivity index (χ2v) is 4.48. The minimum Gasteiger partial charge on any atom is -0.467 e. The maximum atomic E-state index is 12.0. The molecule has 0 aromatic heterocycles. The van der Waals surface area contributed by atoms with Gasteiger partial charge in [-0.3, -0.25) is 14.9 Å². The number of ketones is 1. The van der Waals surface area contributed by atoms with Gasteiger partial charge in [0.05, 0.1) is 17.1 Å². The lowest BCUT2D eigenvalue weighted by Crippen LogP contribution is -2.14. The number of benzene rings is 1. The zero-order chi connectivity index (χ0) is 12.7. The Morgan fingerprint density at radius 3 is 2.83 bits per heavy atom. The SMILES string of the molecule is O=C(c1cc2c(cc1[N+](=O)[O-])COCO2)C1CC1. The molecule has 0 saturated heterocycles. The third-order valence-electron chi connectivity index (χ3n) is 3.14. The van der Waals surface area contributed by atoms with Crippen LogP contribution < -0.4 is 4.74 Å². The third-order valence-corrected chi connectivity index (χ3v) is 3.14. The molecule has 3 rings (SSSR count). The number of nitro benzene ring substituents is 1. The molecule has 18 heavy (non-hydrogen) atoms.